The van der Waals surface area contributed by atoms with Crippen LogP contribution in [0, 0.1) is 23.7 Å². The Balaban J connectivity index is 1.21. The maximum absolute atomic E-state index is 13.7. The molecule has 0 N–H and O–H groups in total. The number of anilines is 1. The summed E-state index contributed by atoms with van der Waals surface area (Å²) in [5.41, 5.74) is 1.46. The maximum Gasteiger partial charge on any atom is 0.223 e. The van der Waals surface area contributed by atoms with E-state index in [1.54, 1.807) is 6.07 Å². The van der Waals surface area contributed by atoms with Crippen molar-refractivity contribution in [1.29, 1.82) is 0 Å². The van der Waals surface area contributed by atoms with E-state index in [9.17, 15) is 4.79 Å². The predicted molar refractivity (Wildman–Crippen MR) is 128 cm³/mol. The van der Waals surface area contributed by atoms with Crippen LogP contribution in [0.4, 0.5) is 5.82 Å². The number of hydrogen-bond acceptors (Lipinski definition) is 3. The van der Waals surface area contributed by atoms with E-state index in [2.05, 4.69) is 45.1 Å². The molecule has 0 unspecified atom stereocenters. The lowest BCUT2D eigenvalue weighted by Crippen LogP contribution is -2.58. The van der Waals surface area contributed by atoms with Gasteiger partial charge in [0.05, 0.1) is 0 Å². The summed E-state index contributed by atoms with van der Waals surface area (Å²) in [5.74, 6) is 4.40. The third-order valence-electron chi connectivity index (χ3n) is 9.01. The van der Waals surface area contributed by atoms with Gasteiger partial charge in [-0.15, -0.1) is 0 Å². The van der Waals surface area contributed by atoms with Crippen molar-refractivity contribution in [2.45, 2.75) is 43.9 Å². The van der Waals surface area contributed by atoms with Gasteiger partial charge >= 0.3 is 0 Å². The first-order valence-corrected chi connectivity index (χ1v) is 12.7. The Morgan fingerprint density at radius 3 is 2.16 bits per heavy atom. The topological polar surface area (TPSA) is 36.4 Å². The molecule has 5 fully saturated rings. The van der Waals surface area contributed by atoms with E-state index in [0.29, 0.717) is 29.3 Å². The highest BCUT2D eigenvalue weighted by atomic mass is 35.5. The lowest BCUT2D eigenvalue weighted by Gasteiger charge is -2.62. The highest BCUT2D eigenvalue weighted by Crippen LogP contribution is 2.64. The Kier molecular flexibility index (Phi) is 5.17. The van der Waals surface area contributed by atoms with E-state index in [1.165, 1.54) is 37.7 Å². The van der Waals surface area contributed by atoms with Gasteiger partial charge in [-0.25, -0.2) is 4.98 Å². The van der Waals surface area contributed by atoms with Gasteiger partial charge < -0.3 is 9.80 Å². The van der Waals surface area contributed by atoms with Crippen LogP contribution in [0.25, 0.3) is 0 Å². The van der Waals surface area contributed by atoms with Crippen molar-refractivity contribution in [2.75, 3.05) is 31.1 Å². The fourth-order valence-electron chi connectivity index (χ4n) is 7.76. The summed E-state index contributed by atoms with van der Waals surface area (Å²) in [6, 6.07) is 16.8. The number of aromatic nitrogens is 1. The molecule has 0 atom stereocenters. The van der Waals surface area contributed by atoms with Crippen LogP contribution >= 0.6 is 11.6 Å². The number of piperazine rings is 1. The molecule has 1 aromatic heterocycles. The van der Waals surface area contributed by atoms with Gasteiger partial charge in [-0.2, -0.15) is 0 Å². The maximum atomic E-state index is 13.7. The number of rotatable bonds is 4. The molecule has 0 radical (unpaired) electrons. The summed E-state index contributed by atoms with van der Waals surface area (Å²) in [6.07, 6.45) is 7.41. The smallest absolute Gasteiger partial charge is 0.223 e. The number of amides is 1. The first-order valence-electron chi connectivity index (χ1n) is 12.3. The van der Waals surface area contributed by atoms with E-state index in [4.69, 9.17) is 11.6 Å². The van der Waals surface area contributed by atoms with Crippen molar-refractivity contribution in [3.63, 3.8) is 0 Å². The number of carbonyl (C=O) groups is 1. The number of nitrogens with zero attached hydrogens (tertiary/aromatic N) is 3. The average Bonchev–Trinajstić information content (AvgIpc) is 2.82. The number of benzene rings is 1. The second-order valence-electron chi connectivity index (χ2n) is 10.6. The van der Waals surface area contributed by atoms with Crippen LogP contribution in [0.15, 0.2) is 48.5 Å². The first-order chi connectivity index (χ1) is 15.6. The Hall–Kier alpha value is -2.07. The lowest BCUT2D eigenvalue weighted by molar-refractivity contribution is -0.139. The average molecular weight is 450 g/mol. The minimum absolute atomic E-state index is 0.0391. The highest BCUT2D eigenvalue weighted by molar-refractivity contribution is 6.29. The predicted octanol–water partition coefficient (Wildman–Crippen LogP) is 5.17. The summed E-state index contributed by atoms with van der Waals surface area (Å²) in [6.45, 7) is 3.15. The Labute approximate surface area is 196 Å². The van der Waals surface area contributed by atoms with Crippen LogP contribution in [-0.4, -0.2) is 42.0 Å². The molecule has 7 rings (SSSR count). The molecule has 2 heterocycles. The van der Waals surface area contributed by atoms with Crippen molar-refractivity contribution >= 4 is 23.3 Å². The summed E-state index contributed by atoms with van der Waals surface area (Å²) >= 11 is 6.08. The molecular weight excluding hydrogens is 418 g/mol. The summed E-state index contributed by atoms with van der Waals surface area (Å²) in [5, 5.41) is 0.521. The molecule has 1 saturated heterocycles. The zero-order chi connectivity index (χ0) is 21.7. The summed E-state index contributed by atoms with van der Waals surface area (Å²) in [4.78, 5) is 22.5. The van der Waals surface area contributed by atoms with Crippen molar-refractivity contribution < 1.29 is 4.79 Å². The molecular formula is C27H32ClN3O. The molecule has 5 heteroatoms. The molecule has 0 spiro atoms. The van der Waals surface area contributed by atoms with Gasteiger partial charge in [0, 0.05) is 38.0 Å². The number of pyridine rings is 1. The quantitative estimate of drug-likeness (QED) is 0.604. The van der Waals surface area contributed by atoms with Crippen molar-refractivity contribution in [1.82, 2.24) is 9.88 Å². The molecule has 1 aromatic carbocycles. The van der Waals surface area contributed by atoms with Crippen LogP contribution in [0.2, 0.25) is 5.15 Å². The minimum Gasteiger partial charge on any atom is -0.353 e. The second-order valence-corrected chi connectivity index (χ2v) is 11.0. The Morgan fingerprint density at radius 2 is 1.53 bits per heavy atom. The van der Waals surface area contributed by atoms with Gasteiger partial charge in [-0.1, -0.05) is 48.0 Å². The molecule has 1 amide bonds. The largest absolute Gasteiger partial charge is 0.353 e. The van der Waals surface area contributed by atoms with Crippen LogP contribution < -0.4 is 4.90 Å². The second kappa shape index (κ2) is 8.06. The zero-order valence-corrected chi connectivity index (χ0v) is 19.4. The molecule has 4 aliphatic carbocycles. The van der Waals surface area contributed by atoms with Crippen LogP contribution in [0.1, 0.15) is 44.1 Å². The highest BCUT2D eigenvalue weighted by Gasteiger charge is 2.58. The van der Waals surface area contributed by atoms with Crippen LogP contribution in [0.5, 0.6) is 0 Å². The molecule has 32 heavy (non-hydrogen) atoms. The zero-order valence-electron chi connectivity index (χ0n) is 18.6. The lowest BCUT2D eigenvalue weighted by atomic mass is 9.43. The normalized spacial score (nSPS) is 33.5. The van der Waals surface area contributed by atoms with Gasteiger partial charge in [-0.3, -0.25) is 4.79 Å². The SMILES string of the molecule is O=C(CC1(c2ccccc2)C2CC3CC(C2)CC1C3)N1CCN(c2cccc(Cl)n2)CC1. The Bertz CT molecular complexity index is 957. The third kappa shape index (κ3) is 3.42. The van der Waals surface area contributed by atoms with Gasteiger partial charge in [0.25, 0.3) is 0 Å². The van der Waals surface area contributed by atoms with Crippen molar-refractivity contribution in [3.8, 4) is 0 Å². The van der Waals surface area contributed by atoms with Gasteiger partial charge in [0.15, 0.2) is 0 Å². The fourth-order valence-corrected chi connectivity index (χ4v) is 7.92. The van der Waals surface area contributed by atoms with Crippen molar-refractivity contribution in [3.05, 3.63) is 59.2 Å². The molecule has 4 nitrogen and oxygen atoms in total. The number of hydrogen-bond donors (Lipinski definition) is 0. The Morgan fingerprint density at radius 1 is 0.875 bits per heavy atom. The van der Waals surface area contributed by atoms with Gasteiger partial charge in [0.1, 0.15) is 11.0 Å². The van der Waals surface area contributed by atoms with E-state index in [1.807, 2.05) is 12.1 Å². The number of carbonyl (C=O) groups excluding carboxylic acids is 1. The molecule has 4 saturated carbocycles. The standard InChI is InChI=1S/C27H32ClN3O/c28-24-7-4-8-25(29-24)30-9-11-31(12-10-30)26(32)18-27(21-5-2-1-3-6-21)22-14-19-13-20(16-22)17-23(27)15-19/h1-8,19-20,22-23H,9-18H2. The molecule has 4 bridgehead atoms. The monoisotopic (exact) mass is 449 g/mol. The van der Waals surface area contributed by atoms with E-state index < -0.39 is 0 Å². The van der Waals surface area contributed by atoms with Crippen LogP contribution in [-0.2, 0) is 10.2 Å². The minimum atomic E-state index is 0.0391. The molecule has 2 aromatic rings. The van der Waals surface area contributed by atoms with Gasteiger partial charge in [-0.05, 0) is 73.5 Å². The van der Waals surface area contributed by atoms with Gasteiger partial charge in [0.2, 0.25) is 5.91 Å². The van der Waals surface area contributed by atoms with Crippen LogP contribution in [0.3, 0.4) is 0 Å². The van der Waals surface area contributed by atoms with E-state index >= 15 is 0 Å². The summed E-state index contributed by atoms with van der Waals surface area (Å²) in [7, 11) is 0. The molecule has 5 aliphatic rings. The van der Waals surface area contributed by atoms with E-state index in [0.717, 1.165) is 43.8 Å². The first kappa shape index (κ1) is 20.5. The molecule has 168 valence electrons. The number of halogens is 1. The third-order valence-corrected chi connectivity index (χ3v) is 9.22. The fraction of sp³-hybridized carbons (Fsp3) is 0.556. The van der Waals surface area contributed by atoms with E-state index in [-0.39, 0.29) is 5.41 Å². The van der Waals surface area contributed by atoms with Crippen molar-refractivity contribution in [2.24, 2.45) is 23.7 Å². The summed E-state index contributed by atoms with van der Waals surface area (Å²) < 4.78 is 0. The molecule has 1 aliphatic heterocycles.